The molecular formula is C25H25NO3S. The quantitative estimate of drug-likeness (QED) is 0.371. The van der Waals surface area contributed by atoms with Crippen molar-refractivity contribution in [1.29, 1.82) is 0 Å². The standard InChI is InChI=1S/C25H25NO3S/c1-4-18-10-13-20(14-11-18)21-16-30-24(23(21)25(28)29-5-2)26-22(27)15-12-19-8-6-17(3)7-9-19/h6-16H,4-5H2,1-3H3,(H,26,27). The number of rotatable bonds is 7. The topological polar surface area (TPSA) is 55.4 Å². The minimum absolute atomic E-state index is 0.267. The van der Waals surface area contributed by atoms with Crippen LogP contribution >= 0.6 is 11.3 Å². The first kappa shape index (κ1) is 21.5. The highest BCUT2D eigenvalue weighted by atomic mass is 32.1. The molecule has 0 aliphatic carbocycles. The summed E-state index contributed by atoms with van der Waals surface area (Å²) in [6.45, 7) is 6.15. The summed E-state index contributed by atoms with van der Waals surface area (Å²) in [6.07, 6.45) is 4.16. The fourth-order valence-electron chi connectivity index (χ4n) is 2.99. The van der Waals surface area contributed by atoms with E-state index >= 15 is 0 Å². The normalized spacial score (nSPS) is 10.9. The number of anilines is 1. The summed E-state index contributed by atoms with van der Waals surface area (Å²) >= 11 is 1.32. The third-order valence-electron chi connectivity index (χ3n) is 4.69. The van der Waals surface area contributed by atoms with E-state index < -0.39 is 5.97 Å². The second-order valence-electron chi connectivity index (χ2n) is 6.86. The number of carbonyl (C=O) groups excluding carboxylic acids is 2. The molecule has 1 aromatic heterocycles. The van der Waals surface area contributed by atoms with E-state index in [1.54, 1.807) is 13.0 Å². The zero-order valence-electron chi connectivity index (χ0n) is 17.4. The Balaban J connectivity index is 1.86. The molecule has 154 valence electrons. The van der Waals surface area contributed by atoms with Gasteiger partial charge in [-0.25, -0.2) is 4.79 Å². The second kappa shape index (κ2) is 10.0. The van der Waals surface area contributed by atoms with Crippen LogP contribution in [-0.2, 0) is 16.0 Å². The Morgan fingerprint density at radius 1 is 1.03 bits per heavy atom. The van der Waals surface area contributed by atoms with E-state index in [9.17, 15) is 9.59 Å². The number of amides is 1. The van der Waals surface area contributed by atoms with E-state index in [0.29, 0.717) is 10.6 Å². The first-order chi connectivity index (χ1) is 14.5. The van der Waals surface area contributed by atoms with Crippen LogP contribution in [0.2, 0.25) is 0 Å². The van der Waals surface area contributed by atoms with Gasteiger partial charge >= 0.3 is 5.97 Å². The van der Waals surface area contributed by atoms with Gasteiger partial charge in [-0.15, -0.1) is 11.3 Å². The molecular weight excluding hydrogens is 394 g/mol. The van der Waals surface area contributed by atoms with Gasteiger partial charge in [-0.3, -0.25) is 4.79 Å². The molecule has 0 bridgehead atoms. The van der Waals surface area contributed by atoms with Crippen molar-refractivity contribution in [2.24, 2.45) is 0 Å². The molecule has 0 unspecified atom stereocenters. The van der Waals surface area contributed by atoms with Gasteiger partial charge in [-0.05, 0) is 43.0 Å². The van der Waals surface area contributed by atoms with Crippen molar-refractivity contribution in [3.8, 4) is 11.1 Å². The number of hydrogen-bond acceptors (Lipinski definition) is 4. The van der Waals surface area contributed by atoms with Crippen LogP contribution in [0.1, 0.15) is 40.9 Å². The van der Waals surface area contributed by atoms with E-state index in [4.69, 9.17) is 4.74 Å². The highest BCUT2D eigenvalue weighted by molar-refractivity contribution is 7.15. The second-order valence-corrected chi connectivity index (χ2v) is 7.74. The predicted octanol–water partition coefficient (Wildman–Crippen LogP) is 6.11. The molecule has 4 nitrogen and oxygen atoms in total. The maximum Gasteiger partial charge on any atom is 0.341 e. The average molecular weight is 420 g/mol. The van der Waals surface area contributed by atoms with Crippen LogP contribution in [0, 0.1) is 6.92 Å². The molecule has 0 saturated heterocycles. The summed E-state index contributed by atoms with van der Waals surface area (Å²) in [6, 6.07) is 16.0. The Kier molecular flexibility index (Phi) is 7.20. The summed E-state index contributed by atoms with van der Waals surface area (Å²) < 4.78 is 5.25. The van der Waals surface area contributed by atoms with E-state index in [-0.39, 0.29) is 12.5 Å². The smallest absolute Gasteiger partial charge is 0.341 e. The van der Waals surface area contributed by atoms with Crippen LogP contribution in [0.4, 0.5) is 5.00 Å². The third-order valence-corrected chi connectivity index (χ3v) is 5.58. The lowest BCUT2D eigenvalue weighted by atomic mass is 10.0. The first-order valence-electron chi connectivity index (χ1n) is 9.95. The zero-order chi connectivity index (χ0) is 21.5. The molecule has 0 atom stereocenters. The fraction of sp³-hybridized carbons (Fsp3) is 0.200. The van der Waals surface area contributed by atoms with Crippen molar-refractivity contribution in [1.82, 2.24) is 0 Å². The number of nitrogens with one attached hydrogen (secondary N) is 1. The summed E-state index contributed by atoms with van der Waals surface area (Å²) in [7, 11) is 0. The maximum atomic E-state index is 12.7. The van der Waals surface area contributed by atoms with Gasteiger partial charge in [0.1, 0.15) is 10.6 Å². The fourth-order valence-corrected chi connectivity index (χ4v) is 3.95. The molecule has 0 radical (unpaired) electrons. The van der Waals surface area contributed by atoms with Crippen molar-refractivity contribution in [3.05, 3.63) is 82.2 Å². The summed E-state index contributed by atoms with van der Waals surface area (Å²) in [4.78, 5) is 25.1. The largest absolute Gasteiger partial charge is 0.462 e. The lowest BCUT2D eigenvalue weighted by molar-refractivity contribution is -0.111. The van der Waals surface area contributed by atoms with Gasteiger partial charge in [-0.2, -0.15) is 0 Å². The number of thiophene rings is 1. The summed E-state index contributed by atoms with van der Waals surface area (Å²) in [5.41, 5.74) is 5.39. The lowest BCUT2D eigenvalue weighted by Gasteiger charge is -2.08. The predicted molar refractivity (Wildman–Crippen MR) is 124 cm³/mol. The third kappa shape index (κ3) is 5.24. The van der Waals surface area contributed by atoms with Crippen molar-refractivity contribution < 1.29 is 14.3 Å². The van der Waals surface area contributed by atoms with Crippen LogP contribution in [-0.4, -0.2) is 18.5 Å². The Hall–Kier alpha value is -3.18. The van der Waals surface area contributed by atoms with Gasteiger partial charge in [0.05, 0.1) is 6.61 Å². The number of carbonyl (C=O) groups is 2. The molecule has 1 amide bonds. The first-order valence-corrected chi connectivity index (χ1v) is 10.8. The SMILES string of the molecule is CCOC(=O)c1c(-c2ccc(CC)cc2)csc1NC(=O)C=Cc1ccc(C)cc1. The molecule has 0 aliphatic heterocycles. The Morgan fingerprint density at radius 3 is 2.37 bits per heavy atom. The minimum atomic E-state index is -0.439. The van der Waals surface area contributed by atoms with Crippen molar-refractivity contribution in [2.75, 3.05) is 11.9 Å². The number of ether oxygens (including phenoxy) is 1. The van der Waals surface area contributed by atoms with Crippen LogP contribution < -0.4 is 5.32 Å². The summed E-state index contributed by atoms with van der Waals surface area (Å²) in [5, 5.41) is 5.21. The Labute approximate surface area is 181 Å². The molecule has 0 aliphatic rings. The van der Waals surface area contributed by atoms with Crippen LogP contribution in [0.25, 0.3) is 17.2 Å². The molecule has 1 N–H and O–H groups in total. The summed E-state index contributed by atoms with van der Waals surface area (Å²) in [5.74, 6) is -0.734. The average Bonchev–Trinajstić information content (AvgIpc) is 3.17. The van der Waals surface area contributed by atoms with Crippen LogP contribution in [0.3, 0.4) is 0 Å². The molecule has 5 heteroatoms. The zero-order valence-corrected chi connectivity index (χ0v) is 18.2. The monoisotopic (exact) mass is 419 g/mol. The van der Waals surface area contributed by atoms with Gasteiger partial charge in [0.15, 0.2) is 0 Å². The number of aryl methyl sites for hydroxylation is 2. The Morgan fingerprint density at radius 2 is 1.73 bits per heavy atom. The highest BCUT2D eigenvalue weighted by Crippen LogP contribution is 2.36. The number of benzene rings is 2. The van der Waals surface area contributed by atoms with Gasteiger partial charge in [-0.1, -0.05) is 61.0 Å². The molecule has 30 heavy (non-hydrogen) atoms. The number of hydrogen-bond donors (Lipinski definition) is 1. The highest BCUT2D eigenvalue weighted by Gasteiger charge is 2.22. The van der Waals surface area contributed by atoms with Crippen molar-refractivity contribution in [2.45, 2.75) is 27.2 Å². The van der Waals surface area contributed by atoms with Gasteiger partial charge in [0.2, 0.25) is 5.91 Å². The van der Waals surface area contributed by atoms with Crippen molar-refractivity contribution in [3.63, 3.8) is 0 Å². The molecule has 0 saturated carbocycles. The van der Waals surface area contributed by atoms with Crippen LogP contribution in [0.15, 0.2) is 60.0 Å². The molecule has 0 fully saturated rings. The molecule has 3 rings (SSSR count). The molecule has 1 heterocycles. The maximum absolute atomic E-state index is 12.7. The van der Waals surface area contributed by atoms with E-state index in [0.717, 1.165) is 28.7 Å². The van der Waals surface area contributed by atoms with E-state index in [1.807, 2.05) is 60.8 Å². The van der Waals surface area contributed by atoms with E-state index in [1.165, 1.54) is 23.0 Å². The molecule has 3 aromatic rings. The van der Waals surface area contributed by atoms with Gasteiger partial charge in [0, 0.05) is 17.0 Å². The van der Waals surface area contributed by atoms with Gasteiger partial charge < -0.3 is 10.1 Å². The molecule has 0 spiro atoms. The van der Waals surface area contributed by atoms with Crippen LogP contribution in [0.5, 0.6) is 0 Å². The Bertz CT molecular complexity index is 1050. The minimum Gasteiger partial charge on any atom is -0.462 e. The van der Waals surface area contributed by atoms with Gasteiger partial charge in [0.25, 0.3) is 0 Å². The lowest BCUT2D eigenvalue weighted by Crippen LogP contribution is -2.12. The van der Waals surface area contributed by atoms with Crippen molar-refractivity contribution >= 4 is 34.3 Å². The van der Waals surface area contributed by atoms with E-state index in [2.05, 4.69) is 12.2 Å². The molecule has 2 aromatic carbocycles. The number of esters is 1.